The van der Waals surface area contributed by atoms with Crippen LogP contribution in [0, 0.1) is 0 Å². The topological polar surface area (TPSA) is 122 Å². The maximum atomic E-state index is 12.2. The summed E-state index contributed by atoms with van der Waals surface area (Å²) in [5.41, 5.74) is 3.26. The summed E-state index contributed by atoms with van der Waals surface area (Å²) in [5.74, 6) is -0.108. The van der Waals surface area contributed by atoms with Crippen LogP contribution >= 0.6 is 0 Å². The number of ether oxygens (including phenoxy) is 2. The number of nitrogens with one attached hydrogen (secondary N) is 3. The van der Waals surface area contributed by atoms with Crippen molar-refractivity contribution < 1.29 is 19.1 Å². The fourth-order valence-electron chi connectivity index (χ4n) is 2.71. The van der Waals surface area contributed by atoms with E-state index in [2.05, 4.69) is 20.8 Å². The molecule has 0 spiro atoms. The van der Waals surface area contributed by atoms with E-state index in [0.717, 1.165) is 5.39 Å². The van der Waals surface area contributed by atoms with E-state index in [1.54, 1.807) is 24.3 Å². The van der Waals surface area contributed by atoms with Gasteiger partial charge in [-0.1, -0.05) is 18.2 Å². The van der Waals surface area contributed by atoms with Crippen LogP contribution in [0.4, 0.5) is 0 Å². The Morgan fingerprint density at radius 2 is 1.83 bits per heavy atom. The van der Waals surface area contributed by atoms with Crippen molar-refractivity contribution in [3.8, 4) is 11.5 Å². The molecule has 0 fully saturated rings. The molecule has 2 amide bonds. The summed E-state index contributed by atoms with van der Waals surface area (Å²) in [6.07, 6.45) is 1.25. The summed E-state index contributed by atoms with van der Waals surface area (Å²) in [4.78, 5) is 38.9. The minimum atomic E-state index is -0.544. The number of H-pyrrole nitrogens is 1. The van der Waals surface area contributed by atoms with Gasteiger partial charge in [0.05, 0.1) is 32.5 Å². The average Bonchev–Trinajstić information content (AvgIpc) is 2.77. The van der Waals surface area contributed by atoms with Gasteiger partial charge in [-0.2, -0.15) is 5.10 Å². The Bertz CT molecular complexity index is 1170. The number of fused-ring (bicyclic) bond motifs is 1. The molecule has 30 heavy (non-hydrogen) atoms. The van der Waals surface area contributed by atoms with E-state index in [-0.39, 0.29) is 12.1 Å². The molecule has 1 heterocycles. The number of hydrogen-bond donors (Lipinski definition) is 3. The number of nitrogens with zero attached hydrogens (tertiary/aromatic N) is 1. The zero-order valence-electron chi connectivity index (χ0n) is 16.4. The Labute approximate surface area is 171 Å². The van der Waals surface area contributed by atoms with Crippen LogP contribution < -0.4 is 25.8 Å². The van der Waals surface area contributed by atoms with Crippen LogP contribution in [0.2, 0.25) is 0 Å². The molecule has 0 aliphatic rings. The van der Waals surface area contributed by atoms with Gasteiger partial charge in [-0.15, -0.1) is 0 Å². The van der Waals surface area contributed by atoms with E-state index >= 15 is 0 Å². The number of pyridine rings is 1. The quantitative estimate of drug-likeness (QED) is 0.403. The van der Waals surface area contributed by atoms with Crippen molar-refractivity contribution in [3.63, 3.8) is 0 Å². The van der Waals surface area contributed by atoms with Gasteiger partial charge in [-0.25, -0.2) is 5.43 Å². The summed E-state index contributed by atoms with van der Waals surface area (Å²) >= 11 is 0. The van der Waals surface area contributed by atoms with E-state index in [4.69, 9.17) is 9.47 Å². The van der Waals surface area contributed by atoms with Crippen molar-refractivity contribution in [2.24, 2.45) is 5.10 Å². The molecular weight excluding hydrogens is 388 g/mol. The molecule has 154 valence electrons. The third-order valence-corrected chi connectivity index (χ3v) is 4.23. The first-order valence-electron chi connectivity index (χ1n) is 8.96. The predicted molar refractivity (Wildman–Crippen MR) is 112 cm³/mol. The second kappa shape index (κ2) is 9.37. The Morgan fingerprint density at radius 3 is 2.60 bits per heavy atom. The number of carbonyl (C=O) groups excluding carboxylic acids is 2. The maximum Gasteiger partial charge on any atom is 0.259 e. The molecule has 0 radical (unpaired) electrons. The first kappa shape index (κ1) is 20.6. The largest absolute Gasteiger partial charge is 0.493 e. The zero-order chi connectivity index (χ0) is 21.5. The van der Waals surface area contributed by atoms with Gasteiger partial charge >= 0.3 is 0 Å². The van der Waals surface area contributed by atoms with Gasteiger partial charge in [0.2, 0.25) is 0 Å². The van der Waals surface area contributed by atoms with Gasteiger partial charge in [0.25, 0.3) is 17.4 Å². The lowest BCUT2D eigenvalue weighted by Crippen LogP contribution is -2.35. The highest BCUT2D eigenvalue weighted by Crippen LogP contribution is 2.27. The number of hydrogen-bond acceptors (Lipinski definition) is 6. The Balaban J connectivity index is 1.57. The van der Waals surface area contributed by atoms with E-state index in [9.17, 15) is 14.4 Å². The summed E-state index contributed by atoms with van der Waals surface area (Å²) in [7, 11) is 2.96. The van der Waals surface area contributed by atoms with Crippen LogP contribution in [0.5, 0.6) is 11.5 Å². The smallest absolute Gasteiger partial charge is 0.259 e. The van der Waals surface area contributed by atoms with Crippen LogP contribution in [0.1, 0.15) is 15.9 Å². The van der Waals surface area contributed by atoms with Crippen LogP contribution in [-0.4, -0.2) is 43.8 Å². The predicted octanol–water partition coefficient (Wildman–Crippen LogP) is 1.43. The molecule has 0 aliphatic carbocycles. The first-order valence-corrected chi connectivity index (χ1v) is 8.96. The Kier molecular flexibility index (Phi) is 6.43. The molecule has 0 unspecified atom stereocenters. The number of para-hydroxylation sites is 1. The van der Waals surface area contributed by atoms with Crippen molar-refractivity contribution in [2.45, 2.75) is 0 Å². The van der Waals surface area contributed by atoms with Crippen molar-refractivity contribution >= 4 is 28.9 Å². The summed E-state index contributed by atoms with van der Waals surface area (Å²) < 4.78 is 10.3. The monoisotopic (exact) mass is 408 g/mol. The normalized spacial score (nSPS) is 10.7. The fourth-order valence-corrected chi connectivity index (χ4v) is 2.71. The Hall–Kier alpha value is -4.14. The Morgan fingerprint density at radius 1 is 1.07 bits per heavy atom. The van der Waals surface area contributed by atoms with Crippen LogP contribution in [0.15, 0.2) is 58.4 Å². The third kappa shape index (κ3) is 4.82. The molecule has 0 aliphatic heterocycles. The molecule has 0 saturated carbocycles. The highest BCUT2D eigenvalue weighted by molar-refractivity contribution is 5.97. The number of hydrazone groups is 1. The molecule has 0 bridgehead atoms. The second-order valence-electron chi connectivity index (χ2n) is 6.19. The molecule has 9 heteroatoms. The number of methoxy groups -OCH3 is 2. The molecule has 3 N–H and O–H groups in total. The molecular formula is C21H20N4O5. The van der Waals surface area contributed by atoms with Gasteiger partial charge in [0.1, 0.15) is 0 Å². The second-order valence-corrected chi connectivity index (χ2v) is 6.19. The average molecular weight is 408 g/mol. The molecule has 0 saturated heterocycles. The summed E-state index contributed by atoms with van der Waals surface area (Å²) in [6.45, 7) is -0.293. The number of aromatic nitrogens is 1. The minimum absolute atomic E-state index is 0.293. The highest BCUT2D eigenvalue weighted by Gasteiger charge is 2.11. The summed E-state index contributed by atoms with van der Waals surface area (Å²) in [5, 5.41) is 7.10. The van der Waals surface area contributed by atoms with Gasteiger partial charge < -0.3 is 19.8 Å². The lowest BCUT2D eigenvalue weighted by molar-refractivity contribution is -0.120. The van der Waals surface area contributed by atoms with Crippen LogP contribution in [-0.2, 0) is 4.79 Å². The number of aromatic amines is 1. The molecule has 3 aromatic rings. The molecule has 9 nitrogen and oxygen atoms in total. The zero-order valence-corrected chi connectivity index (χ0v) is 16.4. The summed E-state index contributed by atoms with van der Waals surface area (Å²) in [6, 6.07) is 13.6. The van der Waals surface area contributed by atoms with Gasteiger partial charge in [-0.05, 0) is 35.7 Å². The SMILES string of the molecule is COc1ccc(C(=O)NCC(=O)N/N=C/c2cc3ccccc3[nH]c2=O)cc1OC. The first-order chi connectivity index (χ1) is 14.5. The maximum absolute atomic E-state index is 12.2. The highest BCUT2D eigenvalue weighted by atomic mass is 16.5. The number of carbonyl (C=O) groups is 2. The number of benzene rings is 2. The van der Waals surface area contributed by atoms with Gasteiger partial charge in [-0.3, -0.25) is 14.4 Å². The van der Waals surface area contributed by atoms with E-state index in [0.29, 0.717) is 28.1 Å². The van der Waals surface area contributed by atoms with E-state index < -0.39 is 11.8 Å². The van der Waals surface area contributed by atoms with Crippen LogP contribution in [0.25, 0.3) is 10.9 Å². The lowest BCUT2D eigenvalue weighted by atomic mass is 10.2. The third-order valence-electron chi connectivity index (χ3n) is 4.23. The molecule has 1 aromatic heterocycles. The van der Waals surface area contributed by atoms with Crippen molar-refractivity contribution in [2.75, 3.05) is 20.8 Å². The standard InChI is InChI=1S/C21H20N4O5/c1-29-17-8-7-14(10-18(17)30-2)20(27)22-12-19(26)25-23-11-15-9-13-5-3-4-6-16(13)24-21(15)28/h3-11H,12H2,1-2H3,(H,22,27)(H,24,28)(H,25,26)/b23-11+. The molecule has 3 rings (SSSR count). The van der Waals surface area contributed by atoms with E-state index in [1.807, 2.05) is 18.2 Å². The molecule has 0 atom stereocenters. The van der Waals surface area contributed by atoms with Crippen LogP contribution in [0.3, 0.4) is 0 Å². The van der Waals surface area contributed by atoms with Crippen molar-refractivity contribution in [1.82, 2.24) is 15.7 Å². The van der Waals surface area contributed by atoms with Crippen molar-refractivity contribution in [3.05, 3.63) is 70.0 Å². The minimum Gasteiger partial charge on any atom is -0.493 e. The van der Waals surface area contributed by atoms with Gasteiger partial charge in [0.15, 0.2) is 11.5 Å². The van der Waals surface area contributed by atoms with Gasteiger partial charge in [0, 0.05) is 11.1 Å². The van der Waals surface area contributed by atoms with E-state index in [1.165, 1.54) is 26.5 Å². The fraction of sp³-hybridized carbons (Fsp3) is 0.143. The van der Waals surface area contributed by atoms with Crippen molar-refractivity contribution in [1.29, 1.82) is 0 Å². The molecule has 2 aromatic carbocycles. The number of rotatable bonds is 7. The lowest BCUT2D eigenvalue weighted by Gasteiger charge is -2.09. The number of amides is 2.